The Morgan fingerprint density at radius 3 is 2.52 bits per heavy atom. The van der Waals surface area contributed by atoms with Crippen molar-refractivity contribution in [2.75, 3.05) is 20.1 Å². The molecule has 160 valence electrons. The Labute approximate surface area is 177 Å². The molecule has 0 spiro atoms. The summed E-state index contributed by atoms with van der Waals surface area (Å²) in [7, 11) is -1.73. The van der Waals surface area contributed by atoms with Crippen molar-refractivity contribution in [2.24, 2.45) is 11.8 Å². The molecular weight excluding hydrogens is 380 g/mol. The molecule has 0 bridgehead atoms. The van der Waals surface area contributed by atoms with Crippen molar-refractivity contribution < 1.29 is 8.42 Å². The van der Waals surface area contributed by atoms with Gasteiger partial charge in [0.15, 0.2) is 0 Å². The number of likely N-dealkylation sites (N-methyl/N-ethyl adjacent to an activating group) is 1. The minimum Gasteiger partial charge on any atom is -0.297 e. The van der Waals surface area contributed by atoms with Gasteiger partial charge in [-0.15, -0.1) is 0 Å². The van der Waals surface area contributed by atoms with E-state index in [-0.39, 0.29) is 6.04 Å². The van der Waals surface area contributed by atoms with Crippen LogP contribution in [0.15, 0.2) is 41.3 Å². The van der Waals surface area contributed by atoms with E-state index in [1.165, 1.54) is 51.5 Å². The zero-order valence-corrected chi connectivity index (χ0v) is 18.8. The van der Waals surface area contributed by atoms with Gasteiger partial charge in [0.05, 0.1) is 4.90 Å². The van der Waals surface area contributed by atoms with Gasteiger partial charge in [-0.25, -0.2) is 8.42 Å². The van der Waals surface area contributed by atoms with Crippen LogP contribution < -0.4 is 0 Å². The van der Waals surface area contributed by atoms with E-state index in [0.717, 1.165) is 30.4 Å². The first kappa shape index (κ1) is 21.1. The Morgan fingerprint density at radius 2 is 1.76 bits per heavy atom. The minimum atomic E-state index is -3.46. The van der Waals surface area contributed by atoms with E-state index in [1.807, 2.05) is 19.1 Å². The summed E-state index contributed by atoms with van der Waals surface area (Å²) >= 11 is 0. The van der Waals surface area contributed by atoms with Gasteiger partial charge >= 0.3 is 0 Å². The molecule has 0 N–H and O–H groups in total. The van der Waals surface area contributed by atoms with E-state index in [4.69, 9.17) is 0 Å². The highest BCUT2D eigenvalue weighted by atomic mass is 32.2. The number of nitrogens with zero attached hydrogens (tertiary/aromatic N) is 2. The van der Waals surface area contributed by atoms with Crippen LogP contribution in [0.25, 0.3) is 0 Å². The number of piperidine rings is 1. The molecule has 29 heavy (non-hydrogen) atoms. The van der Waals surface area contributed by atoms with E-state index >= 15 is 0 Å². The van der Waals surface area contributed by atoms with E-state index in [2.05, 4.69) is 17.1 Å². The number of benzene rings is 1. The summed E-state index contributed by atoms with van der Waals surface area (Å²) in [4.78, 5) is 3.03. The van der Waals surface area contributed by atoms with Crippen molar-refractivity contribution in [1.29, 1.82) is 0 Å². The molecule has 2 fully saturated rings. The van der Waals surface area contributed by atoms with Gasteiger partial charge in [-0.2, -0.15) is 4.31 Å². The maximum Gasteiger partial charge on any atom is 0.243 e. The van der Waals surface area contributed by atoms with Crippen LogP contribution in [0.1, 0.15) is 56.9 Å². The van der Waals surface area contributed by atoms with Gasteiger partial charge in [-0.1, -0.05) is 56.4 Å². The quantitative estimate of drug-likeness (QED) is 0.659. The van der Waals surface area contributed by atoms with E-state index < -0.39 is 10.0 Å². The summed E-state index contributed by atoms with van der Waals surface area (Å²) in [5, 5.41) is 0. The number of aryl methyl sites for hydroxylation is 1. The number of rotatable bonds is 5. The maximum absolute atomic E-state index is 13.1. The Morgan fingerprint density at radius 1 is 1.00 bits per heavy atom. The van der Waals surface area contributed by atoms with E-state index in [9.17, 15) is 8.42 Å². The topological polar surface area (TPSA) is 40.6 Å². The van der Waals surface area contributed by atoms with E-state index in [1.54, 1.807) is 23.5 Å². The molecule has 1 aromatic carbocycles. The molecule has 1 aromatic rings. The van der Waals surface area contributed by atoms with Crippen molar-refractivity contribution in [3.05, 3.63) is 42.0 Å². The molecule has 1 heterocycles. The largest absolute Gasteiger partial charge is 0.297 e. The van der Waals surface area contributed by atoms with Gasteiger partial charge in [0.2, 0.25) is 10.0 Å². The van der Waals surface area contributed by atoms with Crippen LogP contribution in [0.3, 0.4) is 0 Å². The van der Waals surface area contributed by atoms with Crippen molar-refractivity contribution in [1.82, 2.24) is 9.21 Å². The Kier molecular flexibility index (Phi) is 6.47. The van der Waals surface area contributed by atoms with Crippen LogP contribution in [-0.2, 0) is 10.0 Å². The first-order valence-corrected chi connectivity index (χ1v) is 12.9. The third-order valence-corrected chi connectivity index (χ3v) is 9.33. The first-order chi connectivity index (χ1) is 13.9. The number of sulfonamides is 1. The summed E-state index contributed by atoms with van der Waals surface area (Å²) in [6, 6.07) is 7.55. The molecule has 2 aliphatic carbocycles. The summed E-state index contributed by atoms with van der Waals surface area (Å²) < 4.78 is 27.8. The van der Waals surface area contributed by atoms with Gasteiger partial charge in [0, 0.05) is 25.7 Å². The lowest BCUT2D eigenvalue weighted by atomic mass is 9.76. The lowest BCUT2D eigenvalue weighted by molar-refractivity contribution is 0.0923. The molecule has 3 atom stereocenters. The monoisotopic (exact) mass is 416 g/mol. The standard InChI is InChI=1S/C24H36N2O2S/c1-19-8-6-12-24(16-19)29(27,28)25(2)22-13-14-23(17-22)26-15-7-11-21(18-26)20-9-4-3-5-10-20/h6,8,12-14,16,20-23H,3-5,7,9-11,15,17-18H2,1-2H3/t21-,22-,23+/m1/s1. The summed E-state index contributed by atoms with van der Waals surface area (Å²) in [5.74, 6) is 1.75. The number of hydrogen-bond donors (Lipinski definition) is 0. The zero-order valence-electron chi connectivity index (χ0n) is 18.0. The van der Waals surface area contributed by atoms with Gasteiger partial charge < -0.3 is 0 Å². The third-order valence-electron chi connectivity index (χ3n) is 7.45. The second-order valence-corrected chi connectivity index (χ2v) is 11.4. The second-order valence-electron chi connectivity index (χ2n) is 9.39. The average molecular weight is 417 g/mol. The highest BCUT2D eigenvalue weighted by molar-refractivity contribution is 7.89. The highest BCUT2D eigenvalue weighted by Gasteiger charge is 2.36. The molecule has 1 aliphatic heterocycles. The van der Waals surface area contributed by atoms with Gasteiger partial charge in [0.25, 0.3) is 0 Å². The van der Waals surface area contributed by atoms with Crippen LogP contribution in [-0.4, -0.2) is 49.8 Å². The molecule has 0 unspecified atom stereocenters. The summed E-state index contributed by atoms with van der Waals surface area (Å²) in [5.41, 5.74) is 0.974. The van der Waals surface area contributed by atoms with Crippen molar-refractivity contribution in [2.45, 2.75) is 75.3 Å². The molecule has 3 aliphatic rings. The lowest BCUT2D eigenvalue weighted by Crippen LogP contribution is -2.45. The molecule has 4 rings (SSSR count). The average Bonchev–Trinajstić information content (AvgIpc) is 3.24. The normalized spacial score (nSPS) is 29.6. The van der Waals surface area contributed by atoms with Crippen LogP contribution >= 0.6 is 0 Å². The fourth-order valence-corrected chi connectivity index (χ4v) is 7.08. The summed E-state index contributed by atoms with van der Waals surface area (Å²) in [6.45, 7) is 4.28. The first-order valence-electron chi connectivity index (χ1n) is 11.4. The predicted molar refractivity (Wildman–Crippen MR) is 118 cm³/mol. The SMILES string of the molecule is Cc1cccc(S(=O)(=O)N(C)[C@@H]2C=C[C@H](N3CCC[C@@H](C4CCCCC4)C3)C2)c1. The molecule has 4 nitrogen and oxygen atoms in total. The third kappa shape index (κ3) is 4.62. The van der Waals surface area contributed by atoms with Crippen LogP contribution in [0.5, 0.6) is 0 Å². The molecule has 5 heteroatoms. The van der Waals surface area contributed by atoms with Crippen molar-refractivity contribution >= 4 is 10.0 Å². The van der Waals surface area contributed by atoms with Crippen LogP contribution in [0, 0.1) is 18.8 Å². The number of likely N-dealkylation sites (tertiary alicyclic amines) is 1. The van der Waals surface area contributed by atoms with Crippen molar-refractivity contribution in [3.8, 4) is 0 Å². The second kappa shape index (κ2) is 8.91. The Hall–Kier alpha value is -1.17. The van der Waals surface area contributed by atoms with Crippen molar-refractivity contribution in [3.63, 3.8) is 0 Å². The van der Waals surface area contributed by atoms with Crippen LogP contribution in [0.4, 0.5) is 0 Å². The Bertz CT molecular complexity index is 829. The molecule has 1 saturated carbocycles. The van der Waals surface area contributed by atoms with Crippen LogP contribution in [0.2, 0.25) is 0 Å². The summed E-state index contributed by atoms with van der Waals surface area (Å²) in [6.07, 6.45) is 15.0. The fraction of sp³-hybridized carbons (Fsp3) is 0.667. The fourth-order valence-electron chi connectivity index (χ4n) is 5.65. The molecular formula is C24H36N2O2S. The predicted octanol–water partition coefficient (Wildman–Crippen LogP) is 4.60. The smallest absolute Gasteiger partial charge is 0.243 e. The molecule has 0 radical (unpaired) electrons. The number of hydrogen-bond acceptors (Lipinski definition) is 3. The Balaban J connectivity index is 1.39. The molecule has 1 saturated heterocycles. The molecule has 0 aromatic heterocycles. The highest BCUT2D eigenvalue weighted by Crippen LogP contribution is 2.36. The van der Waals surface area contributed by atoms with E-state index in [0.29, 0.717) is 10.9 Å². The van der Waals surface area contributed by atoms with Gasteiger partial charge in [0.1, 0.15) is 0 Å². The lowest BCUT2D eigenvalue weighted by Gasteiger charge is -2.41. The van der Waals surface area contributed by atoms with Gasteiger partial charge in [-0.05, 0) is 62.3 Å². The molecule has 0 amide bonds. The zero-order chi connectivity index (χ0) is 20.4. The maximum atomic E-state index is 13.1. The minimum absolute atomic E-state index is 0.0550. The van der Waals surface area contributed by atoms with Gasteiger partial charge in [-0.3, -0.25) is 4.90 Å².